The zero-order valence-electron chi connectivity index (χ0n) is 4.58. The molecule has 60 valence electrons. The van der Waals surface area contributed by atoms with Crippen molar-refractivity contribution in [2.75, 3.05) is 0 Å². The Hall–Kier alpha value is -0.680. The van der Waals surface area contributed by atoms with Gasteiger partial charge in [-0.2, -0.15) is 13.2 Å². The van der Waals surface area contributed by atoms with E-state index in [1.807, 2.05) is 0 Å². The van der Waals surface area contributed by atoms with Crippen LogP contribution in [0.3, 0.4) is 0 Å². The van der Waals surface area contributed by atoms with Gasteiger partial charge in [0.05, 0.1) is 6.42 Å². The lowest BCUT2D eigenvalue weighted by Crippen LogP contribution is -2.24. The summed E-state index contributed by atoms with van der Waals surface area (Å²) in [5.41, 5.74) is 0. The van der Waals surface area contributed by atoms with Gasteiger partial charge < -0.3 is 0 Å². The van der Waals surface area contributed by atoms with E-state index in [-0.39, 0.29) is 0 Å². The standard InChI is InChI=1S/C4H3F5O/c5-3(6)1-2(10)4(7,8)9/h3H,1H2. The Morgan fingerprint density at radius 1 is 1.30 bits per heavy atom. The largest absolute Gasteiger partial charge is 0.450 e. The highest BCUT2D eigenvalue weighted by Crippen LogP contribution is 2.19. The third-order valence-corrected chi connectivity index (χ3v) is 0.656. The number of carbonyl (C=O) groups excluding carboxylic acids is 1. The summed E-state index contributed by atoms with van der Waals surface area (Å²) in [6.07, 6.45) is -10.1. The van der Waals surface area contributed by atoms with Gasteiger partial charge in [0.2, 0.25) is 12.2 Å². The molecule has 0 saturated carbocycles. The number of halogens is 5. The molecule has 0 aromatic carbocycles. The van der Waals surface area contributed by atoms with Crippen LogP contribution in [0.4, 0.5) is 22.0 Å². The molecule has 0 aliphatic carbocycles. The lowest BCUT2D eigenvalue weighted by Gasteiger charge is -2.02. The van der Waals surface area contributed by atoms with Gasteiger partial charge >= 0.3 is 6.18 Å². The van der Waals surface area contributed by atoms with Crippen LogP contribution in [-0.2, 0) is 4.79 Å². The maximum atomic E-state index is 11.1. The predicted octanol–water partition coefficient (Wildman–Crippen LogP) is 1.77. The molecule has 0 rings (SSSR count). The number of rotatable bonds is 2. The van der Waals surface area contributed by atoms with Crippen LogP contribution in [0.25, 0.3) is 0 Å². The Morgan fingerprint density at radius 2 is 1.70 bits per heavy atom. The van der Waals surface area contributed by atoms with Crippen molar-refractivity contribution in [1.29, 1.82) is 0 Å². The molecule has 0 amide bonds. The van der Waals surface area contributed by atoms with Crippen molar-refractivity contribution in [2.24, 2.45) is 0 Å². The van der Waals surface area contributed by atoms with Crippen LogP contribution < -0.4 is 0 Å². The summed E-state index contributed by atoms with van der Waals surface area (Å²) in [6, 6.07) is 0. The molecule has 1 nitrogen and oxygen atoms in total. The van der Waals surface area contributed by atoms with Gasteiger partial charge in [0.15, 0.2) is 0 Å². The van der Waals surface area contributed by atoms with Crippen molar-refractivity contribution in [3.8, 4) is 0 Å². The Balaban J connectivity index is 3.87. The van der Waals surface area contributed by atoms with E-state index in [2.05, 4.69) is 0 Å². The summed E-state index contributed by atoms with van der Waals surface area (Å²) in [5, 5.41) is 0. The van der Waals surface area contributed by atoms with Crippen LogP contribution in [-0.4, -0.2) is 18.4 Å². The van der Waals surface area contributed by atoms with Crippen molar-refractivity contribution < 1.29 is 26.7 Å². The highest BCUT2D eigenvalue weighted by Gasteiger charge is 2.39. The minimum Gasteiger partial charge on any atom is -0.289 e. The van der Waals surface area contributed by atoms with Crippen molar-refractivity contribution in [3.05, 3.63) is 0 Å². The van der Waals surface area contributed by atoms with Gasteiger partial charge in [0.25, 0.3) is 0 Å². The molecular formula is C4H3F5O. The smallest absolute Gasteiger partial charge is 0.289 e. The monoisotopic (exact) mass is 162 g/mol. The second kappa shape index (κ2) is 2.94. The van der Waals surface area contributed by atoms with Crippen LogP contribution in [0.5, 0.6) is 0 Å². The molecule has 6 heteroatoms. The molecule has 0 N–H and O–H groups in total. The maximum absolute atomic E-state index is 11.1. The van der Waals surface area contributed by atoms with Crippen molar-refractivity contribution in [2.45, 2.75) is 19.0 Å². The van der Waals surface area contributed by atoms with E-state index in [1.54, 1.807) is 0 Å². The van der Waals surface area contributed by atoms with Gasteiger partial charge in [-0.3, -0.25) is 4.79 Å². The van der Waals surface area contributed by atoms with Crippen LogP contribution in [0.1, 0.15) is 6.42 Å². The molecule has 0 aromatic rings. The molecule has 0 bridgehead atoms. The molecular weight excluding hydrogens is 159 g/mol. The summed E-state index contributed by atoms with van der Waals surface area (Å²) in [6.45, 7) is 0. The third-order valence-electron chi connectivity index (χ3n) is 0.656. The fourth-order valence-electron chi connectivity index (χ4n) is 0.256. The lowest BCUT2D eigenvalue weighted by molar-refractivity contribution is -0.173. The average Bonchev–Trinajstić information content (AvgIpc) is 1.60. The fraction of sp³-hybridized carbons (Fsp3) is 0.750. The fourth-order valence-corrected chi connectivity index (χ4v) is 0.256. The van der Waals surface area contributed by atoms with Gasteiger partial charge in [0, 0.05) is 0 Å². The molecule has 0 atom stereocenters. The van der Waals surface area contributed by atoms with Gasteiger partial charge in [-0.25, -0.2) is 8.78 Å². The van der Waals surface area contributed by atoms with Crippen LogP contribution in [0.15, 0.2) is 0 Å². The first-order chi connectivity index (χ1) is 4.34. The molecule has 0 aliphatic heterocycles. The van der Waals surface area contributed by atoms with Crippen molar-refractivity contribution >= 4 is 5.78 Å². The SMILES string of the molecule is O=C(CC(F)F)C(F)(F)F. The van der Waals surface area contributed by atoms with Crippen molar-refractivity contribution in [3.63, 3.8) is 0 Å². The summed E-state index contributed by atoms with van der Waals surface area (Å²) < 4.78 is 55.6. The second-order valence-electron chi connectivity index (χ2n) is 1.52. The van der Waals surface area contributed by atoms with Gasteiger partial charge in [-0.05, 0) is 0 Å². The van der Waals surface area contributed by atoms with Gasteiger partial charge in [-0.15, -0.1) is 0 Å². The number of ketones is 1. The molecule has 0 aliphatic rings. The number of hydrogen-bond acceptors (Lipinski definition) is 1. The Labute approximate surface area is 52.8 Å². The molecule has 0 radical (unpaired) electrons. The van der Waals surface area contributed by atoms with Gasteiger partial charge in [0.1, 0.15) is 0 Å². The topological polar surface area (TPSA) is 17.1 Å². The second-order valence-corrected chi connectivity index (χ2v) is 1.52. The molecule has 10 heavy (non-hydrogen) atoms. The molecule has 0 unspecified atom stereocenters. The highest BCUT2D eigenvalue weighted by molar-refractivity contribution is 5.84. The lowest BCUT2D eigenvalue weighted by atomic mass is 10.3. The van der Waals surface area contributed by atoms with Gasteiger partial charge in [-0.1, -0.05) is 0 Å². The summed E-state index contributed by atoms with van der Waals surface area (Å²) in [7, 11) is 0. The Morgan fingerprint density at radius 3 is 1.80 bits per heavy atom. The average molecular weight is 162 g/mol. The van der Waals surface area contributed by atoms with E-state index < -0.39 is 24.8 Å². The minimum atomic E-state index is -5.13. The minimum absolute atomic E-state index is 1.75. The van der Waals surface area contributed by atoms with Crippen LogP contribution >= 0.6 is 0 Å². The van der Waals surface area contributed by atoms with Crippen molar-refractivity contribution in [1.82, 2.24) is 0 Å². The molecule has 0 aromatic heterocycles. The Bertz CT molecular complexity index is 126. The number of alkyl halides is 5. The molecule has 0 spiro atoms. The van der Waals surface area contributed by atoms with E-state index in [1.165, 1.54) is 0 Å². The van der Waals surface area contributed by atoms with E-state index >= 15 is 0 Å². The first kappa shape index (κ1) is 9.32. The zero-order chi connectivity index (χ0) is 8.36. The number of hydrogen-bond donors (Lipinski definition) is 0. The number of Topliss-reactive ketones (excluding diaryl/α,β-unsaturated/α-hetero) is 1. The molecule has 0 fully saturated rings. The molecule has 0 heterocycles. The summed E-state index contributed by atoms with van der Waals surface area (Å²) >= 11 is 0. The maximum Gasteiger partial charge on any atom is 0.450 e. The quantitative estimate of drug-likeness (QED) is 0.565. The van der Waals surface area contributed by atoms with E-state index in [9.17, 15) is 26.7 Å². The van der Waals surface area contributed by atoms with E-state index in [4.69, 9.17) is 0 Å². The highest BCUT2D eigenvalue weighted by atomic mass is 19.4. The van der Waals surface area contributed by atoms with E-state index in [0.29, 0.717) is 0 Å². The van der Waals surface area contributed by atoms with Crippen LogP contribution in [0, 0.1) is 0 Å². The summed E-state index contributed by atoms with van der Waals surface area (Å²) in [4.78, 5) is 9.67. The van der Waals surface area contributed by atoms with Crippen LogP contribution in [0.2, 0.25) is 0 Å². The first-order valence-corrected chi connectivity index (χ1v) is 2.22. The summed E-state index contributed by atoms with van der Waals surface area (Å²) in [5.74, 6) is -2.39. The molecule has 0 saturated heterocycles. The number of carbonyl (C=O) groups is 1. The third kappa shape index (κ3) is 3.37. The first-order valence-electron chi connectivity index (χ1n) is 2.22. The van der Waals surface area contributed by atoms with E-state index in [0.717, 1.165) is 0 Å². The normalized spacial score (nSPS) is 12.2. The predicted molar refractivity (Wildman–Crippen MR) is 21.7 cm³/mol. The Kier molecular flexibility index (Phi) is 2.74. The zero-order valence-corrected chi connectivity index (χ0v) is 4.58.